The second-order valence-corrected chi connectivity index (χ2v) is 3.78. The van der Waals surface area contributed by atoms with E-state index in [1.165, 1.54) is 0 Å². The third-order valence-electron chi connectivity index (χ3n) is 2.12. The van der Waals surface area contributed by atoms with Crippen molar-refractivity contribution < 1.29 is 0 Å². The van der Waals surface area contributed by atoms with Crippen LogP contribution in [-0.2, 0) is 0 Å². The van der Waals surface area contributed by atoms with Crippen LogP contribution in [-0.4, -0.2) is 29.5 Å². The van der Waals surface area contributed by atoms with Crippen molar-refractivity contribution in [2.75, 3.05) is 7.05 Å². The molecule has 2 aliphatic heterocycles. The quantitative estimate of drug-likeness (QED) is 0.621. The predicted octanol–water partition coefficient (Wildman–Crippen LogP) is 0.113. The van der Waals surface area contributed by atoms with E-state index in [0.717, 1.165) is 4.48 Å². The van der Waals surface area contributed by atoms with Gasteiger partial charge in [-0.2, -0.15) is 5.01 Å². The molecule has 5 heteroatoms. The highest BCUT2D eigenvalue weighted by atomic mass is 79.9. The van der Waals surface area contributed by atoms with Gasteiger partial charge in [-0.15, -0.1) is 0 Å². The SMILES string of the molecule is CN1C(N)NC2C(Br)=CC=CN21. The Morgan fingerprint density at radius 1 is 1.67 bits per heavy atom. The summed E-state index contributed by atoms with van der Waals surface area (Å²) in [5.74, 6) is 0. The lowest BCUT2D eigenvalue weighted by Gasteiger charge is -2.29. The second kappa shape index (κ2) is 2.85. The van der Waals surface area contributed by atoms with Crippen molar-refractivity contribution in [3.63, 3.8) is 0 Å². The minimum atomic E-state index is -0.112. The number of hydrazine groups is 1. The standard InChI is InChI=1S/C7H11BrN4/c1-11-7(9)10-6-5(8)3-2-4-12(6)11/h2-4,6-7,10H,9H2,1H3. The maximum atomic E-state index is 5.79. The first-order valence-electron chi connectivity index (χ1n) is 3.77. The zero-order valence-corrected chi connectivity index (χ0v) is 8.32. The molecule has 0 bridgehead atoms. The second-order valence-electron chi connectivity index (χ2n) is 2.86. The van der Waals surface area contributed by atoms with Gasteiger partial charge in [-0.3, -0.25) is 10.3 Å². The Labute approximate surface area is 79.8 Å². The van der Waals surface area contributed by atoms with Crippen LogP contribution in [0.2, 0.25) is 0 Å². The molecule has 2 aliphatic rings. The fourth-order valence-electron chi connectivity index (χ4n) is 1.38. The lowest BCUT2D eigenvalue weighted by atomic mass is 10.3. The van der Waals surface area contributed by atoms with Gasteiger partial charge in [0, 0.05) is 17.7 Å². The molecule has 0 aromatic rings. The molecule has 2 rings (SSSR count). The van der Waals surface area contributed by atoms with Crippen molar-refractivity contribution in [3.05, 3.63) is 22.8 Å². The van der Waals surface area contributed by atoms with Crippen molar-refractivity contribution in [1.82, 2.24) is 15.3 Å². The number of nitrogens with two attached hydrogens (primary N) is 1. The van der Waals surface area contributed by atoms with Gasteiger partial charge < -0.3 is 5.73 Å². The average molecular weight is 231 g/mol. The summed E-state index contributed by atoms with van der Waals surface area (Å²) >= 11 is 3.47. The molecule has 0 aromatic heterocycles. The number of hydrogen-bond donors (Lipinski definition) is 2. The summed E-state index contributed by atoms with van der Waals surface area (Å²) in [5, 5.41) is 7.22. The van der Waals surface area contributed by atoms with Crippen molar-refractivity contribution in [2.45, 2.75) is 12.5 Å². The average Bonchev–Trinajstić information content (AvgIpc) is 2.32. The summed E-state index contributed by atoms with van der Waals surface area (Å²) in [5.41, 5.74) is 5.79. The van der Waals surface area contributed by atoms with Crippen LogP contribution in [0.1, 0.15) is 0 Å². The molecule has 3 N–H and O–H groups in total. The van der Waals surface area contributed by atoms with Gasteiger partial charge in [0.1, 0.15) is 12.5 Å². The first-order valence-corrected chi connectivity index (χ1v) is 4.56. The van der Waals surface area contributed by atoms with Crippen LogP contribution in [0.5, 0.6) is 0 Å². The van der Waals surface area contributed by atoms with Crippen LogP contribution in [0.3, 0.4) is 0 Å². The van der Waals surface area contributed by atoms with Crippen LogP contribution in [0, 0.1) is 0 Å². The van der Waals surface area contributed by atoms with Crippen LogP contribution in [0.15, 0.2) is 22.8 Å². The van der Waals surface area contributed by atoms with Gasteiger partial charge in [-0.05, 0) is 12.2 Å². The van der Waals surface area contributed by atoms with Gasteiger partial charge in [0.25, 0.3) is 0 Å². The molecule has 1 saturated heterocycles. The summed E-state index contributed by atoms with van der Waals surface area (Å²) in [4.78, 5) is 0. The van der Waals surface area contributed by atoms with Crippen molar-refractivity contribution in [3.8, 4) is 0 Å². The first-order chi connectivity index (χ1) is 5.70. The zero-order chi connectivity index (χ0) is 8.72. The van der Waals surface area contributed by atoms with Gasteiger partial charge in [-0.25, -0.2) is 0 Å². The van der Waals surface area contributed by atoms with E-state index < -0.39 is 0 Å². The minimum absolute atomic E-state index is 0.112. The molecule has 0 amide bonds. The Hall–Kier alpha value is -0.360. The molecule has 0 spiro atoms. The normalized spacial score (nSPS) is 35.2. The first kappa shape index (κ1) is 8.25. The molecule has 0 aliphatic carbocycles. The number of halogens is 1. The van der Waals surface area contributed by atoms with E-state index in [-0.39, 0.29) is 12.5 Å². The van der Waals surface area contributed by atoms with E-state index in [4.69, 9.17) is 5.73 Å². The highest BCUT2D eigenvalue weighted by Crippen LogP contribution is 2.25. The van der Waals surface area contributed by atoms with Gasteiger partial charge in [0.05, 0.1) is 0 Å². The maximum Gasteiger partial charge on any atom is 0.131 e. The van der Waals surface area contributed by atoms with Crippen LogP contribution >= 0.6 is 15.9 Å². The van der Waals surface area contributed by atoms with E-state index in [1.807, 2.05) is 30.4 Å². The largest absolute Gasteiger partial charge is 0.302 e. The van der Waals surface area contributed by atoms with Gasteiger partial charge in [-0.1, -0.05) is 15.9 Å². The third kappa shape index (κ3) is 1.09. The molecular formula is C7H11BrN4. The fourth-order valence-corrected chi connectivity index (χ4v) is 1.88. The maximum absolute atomic E-state index is 5.79. The molecule has 2 unspecified atom stereocenters. The zero-order valence-electron chi connectivity index (χ0n) is 6.74. The molecule has 0 saturated carbocycles. The summed E-state index contributed by atoms with van der Waals surface area (Å²) in [6.07, 6.45) is 6.04. The number of nitrogens with one attached hydrogen (secondary N) is 1. The molecule has 12 heavy (non-hydrogen) atoms. The Balaban J connectivity index is 2.26. The predicted molar refractivity (Wildman–Crippen MR) is 50.7 cm³/mol. The Bertz CT molecular complexity index is 250. The van der Waals surface area contributed by atoms with Crippen molar-refractivity contribution in [2.24, 2.45) is 5.73 Å². The fraction of sp³-hybridized carbons (Fsp3) is 0.429. The third-order valence-corrected chi connectivity index (χ3v) is 2.81. The van der Waals surface area contributed by atoms with E-state index in [9.17, 15) is 0 Å². The molecule has 1 fully saturated rings. The number of fused-ring (bicyclic) bond motifs is 1. The lowest BCUT2D eigenvalue weighted by molar-refractivity contribution is 0.0610. The number of allylic oxidation sites excluding steroid dienone is 2. The molecule has 0 radical (unpaired) electrons. The smallest absolute Gasteiger partial charge is 0.131 e. The van der Waals surface area contributed by atoms with Crippen LogP contribution in [0.4, 0.5) is 0 Å². The van der Waals surface area contributed by atoms with E-state index in [2.05, 4.69) is 26.3 Å². The summed E-state index contributed by atoms with van der Waals surface area (Å²) in [6.45, 7) is 0. The summed E-state index contributed by atoms with van der Waals surface area (Å²) in [6, 6.07) is 0. The summed E-state index contributed by atoms with van der Waals surface area (Å²) in [7, 11) is 1.95. The topological polar surface area (TPSA) is 44.5 Å². The van der Waals surface area contributed by atoms with E-state index >= 15 is 0 Å². The summed E-state index contributed by atoms with van der Waals surface area (Å²) < 4.78 is 1.10. The number of nitrogens with zero attached hydrogens (tertiary/aromatic N) is 2. The lowest BCUT2D eigenvalue weighted by Crippen LogP contribution is -2.43. The van der Waals surface area contributed by atoms with Crippen LogP contribution < -0.4 is 11.1 Å². The highest BCUT2D eigenvalue weighted by Gasteiger charge is 2.34. The van der Waals surface area contributed by atoms with Gasteiger partial charge >= 0.3 is 0 Å². The van der Waals surface area contributed by atoms with Gasteiger partial charge in [0.2, 0.25) is 0 Å². The van der Waals surface area contributed by atoms with Gasteiger partial charge in [0.15, 0.2) is 0 Å². The Morgan fingerprint density at radius 2 is 2.42 bits per heavy atom. The Kier molecular flexibility index (Phi) is 1.96. The molecular weight excluding hydrogens is 220 g/mol. The van der Waals surface area contributed by atoms with Crippen molar-refractivity contribution in [1.29, 1.82) is 0 Å². The van der Waals surface area contributed by atoms with E-state index in [1.54, 1.807) is 0 Å². The number of hydrogen-bond acceptors (Lipinski definition) is 4. The van der Waals surface area contributed by atoms with Crippen LogP contribution in [0.25, 0.3) is 0 Å². The molecule has 2 heterocycles. The highest BCUT2D eigenvalue weighted by molar-refractivity contribution is 9.11. The molecule has 2 atom stereocenters. The monoisotopic (exact) mass is 230 g/mol. The molecule has 66 valence electrons. The van der Waals surface area contributed by atoms with Crippen molar-refractivity contribution >= 4 is 15.9 Å². The Morgan fingerprint density at radius 3 is 3.08 bits per heavy atom. The number of rotatable bonds is 0. The minimum Gasteiger partial charge on any atom is -0.302 e. The molecule has 4 nitrogen and oxygen atoms in total. The molecule has 0 aromatic carbocycles. The van der Waals surface area contributed by atoms with E-state index in [0.29, 0.717) is 0 Å².